The standard InChI is InChI=1S/C39H48O5S/c1-28-12-15-33(16-13-28)45(41,42)44-24-8-4-7-11-30-25-31-26-32(43-27-29-9-5-3-6-10-29)14-17-34(31)35-18-19-37(2)38(36(30)35)20-22-39(37,40)23-21-38/h3,5-6,9-10,12-17,26,30,35-36,40H,4,7-8,11,18-25,27H2,1-2H3/t30-,35-,36-,37+,38?,39?/m1/s1. The van der Waals surface area contributed by atoms with Gasteiger partial charge in [0.2, 0.25) is 0 Å². The number of aryl methyl sites for hydroxylation is 1. The van der Waals surface area contributed by atoms with Gasteiger partial charge in [-0.1, -0.05) is 73.9 Å². The summed E-state index contributed by atoms with van der Waals surface area (Å²) in [6.45, 7) is 5.14. The van der Waals surface area contributed by atoms with Crippen LogP contribution in [0.4, 0.5) is 0 Å². The van der Waals surface area contributed by atoms with Gasteiger partial charge in [-0.25, -0.2) is 0 Å². The minimum atomic E-state index is -3.73. The Hall–Kier alpha value is -2.67. The summed E-state index contributed by atoms with van der Waals surface area (Å²) in [6, 6.07) is 24.0. The highest BCUT2D eigenvalue weighted by Gasteiger charge is 2.74. The molecule has 4 aliphatic carbocycles. The third-order valence-electron chi connectivity index (χ3n) is 12.6. The van der Waals surface area contributed by atoms with Gasteiger partial charge in [-0.3, -0.25) is 4.18 Å². The first-order valence-electron chi connectivity index (χ1n) is 17.1. The van der Waals surface area contributed by atoms with Crippen molar-refractivity contribution in [3.05, 3.63) is 95.1 Å². The van der Waals surface area contributed by atoms with Crippen molar-refractivity contribution in [2.45, 2.75) is 107 Å². The normalized spacial score (nSPS) is 31.7. The second kappa shape index (κ2) is 11.8. The fourth-order valence-electron chi connectivity index (χ4n) is 10.3. The van der Waals surface area contributed by atoms with Crippen molar-refractivity contribution in [3.8, 4) is 5.75 Å². The third kappa shape index (κ3) is 5.35. The molecule has 2 bridgehead atoms. The summed E-state index contributed by atoms with van der Waals surface area (Å²) in [5.41, 5.74) is 4.86. The first-order valence-corrected chi connectivity index (χ1v) is 18.5. The van der Waals surface area contributed by atoms with E-state index in [4.69, 9.17) is 8.92 Å². The lowest BCUT2D eigenvalue weighted by atomic mass is 9.45. The first-order chi connectivity index (χ1) is 21.6. The van der Waals surface area contributed by atoms with Crippen LogP contribution in [0.5, 0.6) is 5.75 Å². The molecule has 0 amide bonds. The number of ether oxygens (including phenoxy) is 1. The molecule has 0 heterocycles. The maximum Gasteiger partial charge on any atom is 0.296 e. The number of hydrogen-bond acceptors (Lipinski definition) is 5. The van der Waals surface area contributed by atoms with E-state index in [1.54, 1.807) is 24.3 Å². The van der Waals surface area contributed by atoms with Gasteiger partial charge in [-0.2, -0.15) is 8.42 Å². The Morgan fingerprint density at radius 1 is 0.889 bits per heavy atom. The van der Waals surface area contributed by atoms with Crippen LogP contribution < -0.4 is 4.74 Å². The number of rotatable bonds is 11. The second-order valence-corrected chi connectivity index (χ2v) is 16.3. The molecule has 0 saturated heterocycles. The van der Waals surface area contributed by atoms with Gasteiger partial charge in [-0.05, 0) is 129 Å². The zero-order chi connectivity index (χ0) is 31.3. The van der Waals surface area contributed by atoms with Gasteiger partial charge in [0.1, 0.15) is 12.4 Å². The van der Waals surface area contributed by atoms with Gasteiger partial charge in [0.25, 0.3) is 10.1 Å². The van der Waals surface area contributed by atoms with E-state index in [0.717, 1.165) is 81.9 Å². The van der Waals surface area contributed by atoms with Gasteiger partial charge < -0.3 is 9.84 Å². The molecule has 3 fully saturated rings. The quantitative estimate of drug-likeness (QED) is 0.170. The molecule has 4 atom stereocenters. The maximum absolute atomic E-state index is 12.6. The molecule has 1 N–H and O–H groups in total. The lowest BCUT2D eigenvalue weighted by molar-refractivity contribution is -0.113. The molecule has 0 radical (unpaired) electrons. The van der Waals surface area contributed by atoms with E-state index in [9.17, 15) is 13.5 Å². The molecule has 0 spiro atoms. The molecule has 0 aliphatic heterocycles. The molecule has 3 aromatic carbocycles. The summed E-state index contributed by atoms with van der Waals surface area (Å²) in [7, 11) is -3.73. The molecule has 6 heteroatoms. The van der Waals surface area contributed by atoms with Crippen LogP contribution in [0.3, 0.4) is 0 Å². The molecule has 240 valence electrons. The van der Waals surface area contributed by atoms with Crippen LogP contribution in [0.25, 0.3) is 0 Å². The van der Waals surface area contributed by atoms with E-state index in [2.05, 4.69) is 49.4 Å². The van der Waals surface area contributed by atoms with Crippen LogP contribution >= 0.6 is 0 Å². The lowest BCUT2D eigenvalue weighted by Crippen LogP contribution is -2.54. The van der Waals surface area contributed by atoms with Gasteiger partial charge in [0, 0.05) is 5.41 Å². The molecule has 0 aromatic heterocycles. The van der Waals surface area contributed by atoms with Crippen LogP contribution in [0.1, 0.15) is 99.3 Å². The predicted molar refractivity (Wildman–Crippen MR) is 177 cm³/mol. The molecule has 4 aliphatic rings. The fraction of sp³-hybridized carbons (Fsp3) is 0.538. The van der Waals surface area contributed by atoms with Crippen LogP contribution in [-0.4, -0.2) is 25.7 Å². The molecule has 0 unspecified atom stereocenters. The molecular formula is C39H48O5S. The van der Waals surface area contributed by atoms with E-state index < -0.39 is 15.7 Å². The lowest BCUT2D eigenvalue weighted by Gasteiger charge is -2.59. The smallest absolute Gasteiger partial charge is 0.296 e. The third-order valence-corrected chi connectivity index (χ3v) is 14.0. The Bertz CT molecular complexity index is 1610. The summed E-state index contributed by atoms with van der Waals surface area (Å²) in [4.78, 5) is 0.222. The average molecular weight is 629 g/mol. The average Bonchev–Trinajstić information content (AvgIpc) is 3.42. The highest BCUT2D eigenvalue weighted by Crippen LogP contribution is 2.78. The monoisotopic (exact) mass is 628 g/mol. The molecular weight excluding hydrogens is 580 g/mol. The molecule has 5 nitrogen and oxygen atoms in total. The van der Waals surface area contributed by atoms with Gasteiger partial charge >= 0.3 is 0 Å². The summed E-state index contributed by atoms with van der Waals surface area (Å²) in [5, 5.41) is 11.8. The zero-order valence-electron chi connectivity index (χ0n) is 26.8. The molecule has 3 saturated carbocycles. The topological polar surface area (TPSA) is 72.8 Å². The number of hydrogen-bond donors (Lipinski definition) is 1. The van der Waals surface area contributed by atoms with Crippen molar-refractivity contribution >= 4 is 10.1 Å². The SMILES string of the molecule is Cc1ccc(S(=O)(=O)OCCCCC[C@@H]2Cc3cc(OCc4ccccc4)ccc3[C@H]3CC[C@]4(C)C5(O)CCC4(CC5)[C@H]23)cc1. The molecule has 7 rings (SSSR count). The van der Waals surface area contributed by atoms with Gasteiger partial charge in [0.15, 0.2) is 0 Å². The Morgan fingerprint density at radius 3 is 2.40 bits per heavy atom. The zero-order valence-corrected chi connectivity index (χ0v) is 27.7. The van der Waals surface area contributed by atoms with Gasteiger partial charge in [-0.15, -0.1) is 0 Å². The number of unbranched alkanes of at least 4 members (excludes halogenated alkanes) is 2. The highest BCUT2D eigenvalue weighted by atomic mass is 32.2. The predicted octanol–water partition coefficient (Wildman–Crippen LogP) is 8.52. The van der Waals surface area contributed by atoms with Gasteiger partial charge in [0.05, 0.1) is 17.1 Å². The van der Waals surface area contributed by atoms with E-state index in [-0.39, 0.29) is 22.3 Å². The largest absolute Gasteiger partial charge is 0.489 e. The second-order valence-electron chi connectivity index (χ2n) is 14.7. The summed E-state index contributed by atoms with van der Waals surface area (Å²) in [6.07, 6.45) is 11.3. The van der Waals surface area contributed by atoms with E-state index in [1.165, 1.54) is 16.7 Å². The van der Waals surface area contributed by atoms with Crippen molar-refractivity contribution < 1.29 is 22.4 Å². The minimum absolute atomic E-state index is 0.00777. The van der Waals surface area contributed by atoms with Crippen LogP contribution in [-0.2, 0) is 27.3 Å². The Kier molecular flexibility index (Phi) is 8.15. The number of benzene rings is 3. The fourth-order valence-corrected chi connectivity index (χ4v) is 11.2. The van der Waals surface area contributed by atoms with Crippen LogP contribution in [0.15, 0.2) is 77.7 Å². The van der Waals surface area contributed by atoms with E-state index in [0.29, 0.717) is 24.4 Å². The Morgan fingerprint density at radius 2 is 1.64 bits per heavy atom. The first kappa shape index (κ1) is 31.0. The van der Waals surface area contributed by atoms with Crippen molar-refractivity contribution in [1.82, 2.24) is 0 Å². The van der Waals surface area contributed by atoms with Crippen molar-refractivity contribution in [2.24, 2.45) is 22.7 Å². The molecule has 45 heavy (non-hydrogen) atoms. The highest BCUT2D eigenvalue weighted by molar-refractivity contribution is 7.86. The van der Waals surface area contributed by atoms with E-state index in [1.807, 2.05) is 13.0 Å². The maximum atomic E-state index is 12.6. The van der Waals surface area contributed by atoms with Crippen LogP contribution in [0, 0.1) is 29.6 Å². The number of aliphatic hydroxyl groups is 1. The van der Waals surface area contributed by atoms with Crippen LogP contribution in [0.2, 0.25) is 0 Å². The Balaban J connectivity index is 1.06. The summed E-state index contributed by atoms with van der Waals surface area (Å²) >= 11 is 0. The Labute approximate surface area is 269 Å². The van der Waals surface area contributed by atoms with Crippen molar-refractivity contribution in [1.29, 1.82) is 0 Å². The molecule has 3 aromatic rings. The number of fused-ring (bicyclic) bond motifs is 3. The minimum Gasteiger partial charge on any atom is -0.489 e. The van der Waals surface area contributed by atoms with Crippen molar-refractivity contribution in [2.75, 3.05) is 6.61 Å². The van der Waals surface area contributed by atoms with Crippen molar-refractivity contribution in [3.63, 3.8) is 0 Å². The summed E-state index contributed by atoms with van der Waals surface area (Å²) in [5.74, 6) is 2.59. The summed E-state index contributed by atoms with van der Waals surface area (Å²) < 4.78 is 36.9. The van der Waals surface area contributed by atoms with E-state index >= 15 is 0 Å².